The van der Waals surface area contributed by atoms with Crippen molar-refractivity contribution in [2.24, 2.45) is 0 Å². The minimum atomic E-state index is -0.470. The van der Waals surface area contributed by atoms with E-state index in [0.717, 1.165) is 45.2 Å². The molecule has 1 N–H and O–H groups in total. The van der Waals surface area contributed by atoms with Crippen LogP contribution in [0, 0.1) is 6.92 Å². The maximum absolute atomic E-state index is 12.0. The Balaban J connectivity index is 1.43. The first-order valence-corrected chi connectivity index (χ1v) is 10.5. The van der Waals surface area contributed by atoms with Crippen LogP contribution in [0.1, 0.15) is 17.0 Å². The fraction of sp³-hybridized carbons (Fsp3) is 0.174. The highest BCUT2D eigenvalue weighted by Crippen LogP contribution is 2.27. The van der Waals surface area contributed by atoms with Gasteiger partial charge in [-0.3, -0.25) is 9.59 Å². The van der Waals surface area contributed by atoms with Crippen LogP contribution >= 0.6 is 11.8 Å². The number of amides is 1. The molecule has 30 heavy (non-hydrogen) atoms. The van der Waals surface area contributed by atoms with Crippen LogP contribution in [-0.4, -0.2) is 25.9 Å². The van der Waals surface area contributed by atoms with Crippen molar-refractivity contribution in [3.8, 4) is 11.5 Å². The van der Waals surface area contributed by atoms with Gasteiger partial charge in [0.2, 0.25) is 11.0 Å². The molecule has 1 saturated heterocycles. The topological polar surface area (TPSA) is 77.1 Å². The first-order chi connectivity index (χ1) is 14.6. The molecule has 1 unspecified atom stereocenters. The second kappa shape index (κ2) is 7.50. The van der Waals surface area contributed by atoms with Gasteiger partial charge < -0.3 is 14.3 Å². The molecule has 2 aromatic heterocycles. The number of benzene rings is 2. The Bertz CT molecular complexity index is 1260. The van der Waals surface area contributed by atoms with E-state index in [4.69, 9.17) is 9.40 Å². The normalized spacial score (nSPS) is 16.4. The van der Waals surface area contributed by atoms with Crippen LogP contribution in [0.4, 0.5) is 4.79 Å². The number of aryl methyl sites for hydroxylation is 1. The van der Waals surface area contributed by atoms with Crippen LogP contribution in [-0.2, 0) is 17.8 Å². The quantitative estimate of drug-likeness (QED) is 0.516. The van der Waals surface area contributed by atoms with Crippen molar-refractivity contribution in [3.63, 3.8) is 0 Å². The van der Waals surface area contributed by atoms with Gasteiger partial charge in [-0.2, -0.15) is 0 Å². The molecule has 6 nitrogen and oxygen atoms in total. The Kier molecular flexibility index (Phi) is 4.67. The number of carbonyl (C=O) groups is 2. The van der Waals surface area contributed by atoms with Crippen molar-refractivity contribution in [3.05, 3.63) is 77.8 Å². The summed E-state index contributed by atoms with van der Waals surface area (Å²) in [7, 11) is 0. The van der Waals surface area contributed by atoms with Gasteiger partial charge in [-0.05, 0) is 36.8 Å². The van der Waals surface area contributed by atoms with Crippen LogP contribution < -0.4 is 5.32 Å². The van der Waals surface area contributed by atoms with Crippen molar-refractivity contribution >= 4 is 33.0 Å². The molecule has 3 heterocycles. The molecule has 0 bridgehead atoms. The first kappa shape index (κ1) is 18.7. The number of oxazole rings is 1. The summed E-state index contributed by atoms with van der Waals surface area (Å²) in [5.41, 5.74) is 3.92. The van der Waals surface area contributed by atoms with E-state index >= 15 is 0 Å². The number of hydrogen-bond acceptors (Lipinski definition) is 5. The van der Waals surface area contributed by atoms with E-state index in [1.807, 2.05) is 61.7 Å². The average Bonchev–Trinajstić information content (AvgIpc) is 3.41. The lowest BCUT2D eigenvalue weighted by Gasteiger charge is -2.10. The van der Waals surface area contributed by atoms with E-state index in [9.17, 15) is 9.59 Å². The molecule has 150 valence electrons. The molecule has 0 spiro atoms. The van der Waals surface area contributed by atoms with Gasteiger partial charge in [0, 0.05) is 40.8 Å². The molecule has 1 amide bonds. The molecule has 0 radical (unpaired) electrons. The summed E-state index contributed by atoms with van der Waals surface area (Å²) in [6.45, 7) is 2.52. The molecule has 7 heteroatoms. The lowest BCUT2D eigenvalue weighted by molar-refractivity contribution is -0.112. The van der Waals surface area contributed by atoms with Crippen molar-refractivity contribution in [1.29, 1.82) is 0 Å². The van der Waals surface area contributed by atoms with Crippen LogP contribution in [0.5, 0.6) is 0 Å². The minimum Gasteiger partial charge on any atom is -0.441 e. The number of carbonyl (C=O) groups excluding carboxylic acids is 2. The Morgan fingerprint density at radius 2 is 1.93 bits per heavy atom. The van der Waals surface area contributed by atoms with Crippen LogP contribution in [0.3, 0.4) is 0 Å². The summed E-state index contributed by atoms with van der Waals surface area (Å²) >= 11 is 0.749. The molecular weight excluding hydrogens is 398 g/mol. The van der Waals surface area contributed by atoms with Gasteiger partial charge in [-0.25, -0.2) is 4.98 Å². The van der Waals surface area contributed by atoms with Crippen molar-refractivity contribution < 1.29 is 14.0 Å². The zero-order valence-corrected chi connectivity index (χ0v) is 17.1. The third-order valence-corrected chi connectivity index (χ3v) is 6.12. The Morgan fingerprint density at radius 3 is 2.70 bits per heavy atom. The van der Waals surface area contributed by atoms with Crippen LogP contribution in [0.25, 0.3) is 22.4 Å². The molecule has 1 fully saturated rings. The summed E-state index contributed by atoms with van der Waals surface area (Å²) in [6.07, 6.45) is 2.51. The third-order valence-electron chi connectivity index (χ3n) is 5.33. The second-order valence-electron chi connectivity index (χ2n) is 7.29. The Labute approximate surface area is 177 Å². The number of aromatic nitrogens is 2. The SMILES string of the molecule is Cc1oc(-c2ccccc2)nc1Cn1ccc2c(CC3NC(=O)SC3=O)cccc21. The van der Waals surface area contributed by atoms with E-state index in [1.165, 1.54) is 0 Å². The molecule has 1 atom stereocenters. The Morgan fingerprint density at radius 1 is 1.10 bits per heavy atom. The summed E-state index contributed by atoms with van der Waals surface area (Å²) < 4.78 is 8.02. The van der Waals surface area contributed by atoms with E-state index < -0.39 is 6.04 Å². The molecule has 0 saturated carbocycles. The van der Waals surface area contributed by atoms with Gasteiger partial charge in [0.15, 0.2) is 0 Å². The van der Waals surface area contributed by atoms with Crippen LogP contribution in [0.2, 0.25) is 0 Å². The van der Waals surface area contributed by atoms with Crippen molar-refractivity contribution in [1.82, 2.24) is 14.9 Å². The number of rotatable bonds is 5. The van der Waals surface area contributed by atoms with Gasteiger partial charge in [-0.1, -0.05) is 30.3 Å². The van der Waals surface area contributed by atoms with Crippen molar-refractivity contribution in [2.45, 2.75) is 25.9 Å². The maximum Gasteiger partial charge on any atom is 0.287 e. The summed E-state index contributed by atoms with van der Waals surface area (Å²) in [5.74, 6) is 1.41. The number of nitrogens with zero attached hydrogens (tertiary/aromatic N) is 2. The predicted molar refractivity (Wildman–Crippen MR) is 116 cm³/mol. The predicted octanol–water partition coefficient (Wildman–Crippen LogP) is 4.55. The molecule has 1 aliphatic rings. The molecule has 0 aliphatic carbocycles. The highest BCUT2D eigenvalue weighted by atomic mass is 32.2. The van der Waals surface area contributed by atoms with E-state index in [0.29, 0.717) is 18.9 Å². The number of fused-ring (bicyclic) bond motifs is 1. The van der Waals surface area contributed by atoms with E-state index in [-0.39, 0.29) is 10.4 Å². The fourth-order valence-electron chi connectivity index (χ4n) is 3.79. The fourth-order valence-corrected chi connectivity index (χ4v) is 4.46. The Hall–Kier alpha value is -3.32. The average molecular weight is 417 g/mol. The highest BCUT2D eigenvalue weighted by Gasteiger charge is 2.31. The molecule has 1 aliphatic heterocycles. The number of nitrogens with one attached hydrogen (secondary N) is 1. The lowest BCUT2D eigenvalue weighted by Crippen LogP contribution is -2.30. The number of thioether (sulfide) groups is 1. The summed E-state index contributed by atoms with van der Waals surface area (Å²) in [4.78, 5) is 28.2. The minimum absolute atomic E-state index is 0.122. The van der Waals surface area contributed by atoms with Crippen LogP contribution in [0.15, 0.2) is 65.2 Å². The van der Waals surface area contributed by atoms with Gasteiger partial charge >= 0.3 is 0 Å². The monoisotopic (exact) mass is 417 g/mol. The maximum atomic E-state index is 12.0. The molecule has 2 aromatic carbocycles. The largest absolute Gasteiger partial charge is 0.441 e. The third kappa shape index (κ3) is 3.41. The van der Waals surface area contributed by atoms with Crippen molar-refractivity contribution in [2.75, 3.05) is 0 Å². The molecular formula is C23H19N3O3S. The van der Waals surface area contributed by atoms with E-state index in [2.05, 4.69) is 16.0 Å². The molecule has 5 rings (SSSR count). The standard InChI is InChI=1S/C23H19N3O3S/c1-14-19(24-21(29-14)15-6-3-2-4-7-15)13-26-11-10-17-16(8-5-9-20(17)26)12-18-22(27)30-23(28)25-18/h2-11,18H,12-13H2,1H3,(H,25,28). The first-order valence-electron chi connectivity index (χ1n) is 9.69. The zero-order valence-electron chi connectivity index (χ0n) is 16.3. The molecule has 4 aromatic rings. The summed E-state index contributed by atoms with van der Waals surface area (Å²) in [6, 6.07) is 17.5. The zero-order chi connectivity index (χ0) is 20.7. The van der Waals surface area contributed by atoms with Gasteiger partial charge in [0.1, 0.15) is 17.5 Å². The highest BCUT2D eigenvalue weighted by molar-refractivity contribution is 8.26. The number of hydrogen-bond donors (Lipinski definition) is 1. The van der Waals surface area contributed by atoms with Gasteiger partial charge in [-0.15, -0.1) is 0 Å². The van der Waals surface area contributed by atoms with E-state index in [1.54, 1.807) is 0 Å². The summed E-state index contributed by atoms with van der Waals surface area (Å²) in [5, 5.41) is 3.41. The smallest absolute Gasteiger partial charge is 0.287 e. The van der Waals surface area contributed by atoms with Gasteiger partial charge in [0.25, 0.3) is 5.24 Å². The lowest BCUT2D eigenvalue weighted by atomic mass is 10.0. The van der Waals surface area contributed by atoms with Gasteiger partial charge in [0.05, 0.1) is 6.54 Å². The second-order valence-corrected chi connectivity index (χ2v) is 8.27.